The summed E-state index contributed by atoms with van der Waals surface area (Å²) in [5, 5.41) is 14.0. The van der Waals surface area contributed by atoms with Crippen LogP contribution in [0.1, 0.15) is 25.6 Å². The number of rotatable bonds is 7. The van der Waals surface area contributed by atoms with E-state index < -0.39 is 21.9 Å². The van der Waals surface area contributed by atoms with Crippen LogP contribution in [0.5, 0.6) is 5.75 Å². The number of hydrogen-bond acceptors (Lipinski definition) is 6. The molecule has 1 aromatic carbocycles. The Balaban J connectivity index is 1.66. The molecule has 0 bridgehead atoms. The Labute approximate surface area is 184 Å². The van der Waals surface area contributed by atoms with Gasteiger partial charge >= 0.3 is 5.97 Å². The molecule has 0 radical (unpaired) electrons. The van der Waals surface area contributed by atoms with E-state index in [1.54, 1.807) is 12.1 Å². The number of aliphatic carboxylic acids is 1. The molecule has 1 aliphatic heterocycles. The van der Waals surface area contributed by atoms with Crippen molar-refractivity contribution < 1.29 is 27.4 Å². The average Bonchev–Trinajstić information content (AvgIpc) is 3.29. The maximum absolute atomic E-state index is 13.9. The van der Waals surface area contributed by atoms with Gasteiger partial charge in [-0.1, -0.05) is 6.92 Å². The first-order chi connectivity index (χ1) is 15.2. The number of aromatic nitrogens is 3. The molecular formula is C21H23FN4O5S. The first-order valence-corrected chi connectivity index (χ1v) is 11.6. The normalized spacial score (nSPS) is 19.5. The van der Waals surface area contributed by atoms with Crippen LogP contribution in [-0.2, 0) is 21.2 Å². The Morgan fingerprint density at radius 2 is 2.00 bits per heavy atom. The highest BCUT2D eigenvalue weighted by Gasteiger charge is 2.39. The van der Waals surface area contributed by atoms with E-state index in [2.05, 4.69) is 10.1 Å². The fourth-order valence-electron chi connectivity index (χ4n) is 4.04. The predicted molar refractivity (Wildman–Crippen MR) is 113 cm³/mol. The van der Waals surface area contributed by atoms with Gasteiger partial charge in [-0.15, -0.1) is 0 Å². The summed E-state index contributed by atoms with van der Waals surface area (Å²) in [7, 11) is -3.76. The number of pyridine rings is 1. The minimum absolute atomic E-state index is 0.129. The number of carbonyl (C=O) groups is 1. The standard InChI is InChI=1S/C21H23FN4O5S/c1-3-31-14-4-6-15(7-5-14)32(29,30)25-11-13(2)19(12-25)26-18-9-20(22)23-10-16(18)17(24-26)8-21(27)28/h4-7,9-10,13,19H,3,8,11-12H2,1-2H3,(H,27,28)/t13-,19-/m0/s1. The van der Waals surface area contributed by atoms with E-state index in [1.807, 2.05) is 13.8 Å². The molecule has 32 heavy (non-hydrogen) atoms. The molecule has 1 aliphatic rings. The third-order valence-corrected chi connectivity index (χ3v) is 7.43. The summed E-state index contributed by atoms with van der Waals surface area (Å²) in [5.74, 6) is -1.33. The smallest absolute Gasteiger partial charge is 0.309 e. The van der Waals surface area contributed by atoms with Crippen LogP contribution in [0.4, 0.5) is 4.39 Å². The highest BCUT2D eigenvalue weighted by atomic mass is 32.2. The Morgan fingerprint density at radius 1 is 1.28 bits per heavy atom. The van der Waals surface area contributed by atoms with Crippen molar-refractivity contribution in [1.82, 2.24) is 19.1 Å². The second kappa shape index (κ2) is 8.47. The molecule has 9 nitrogen and oxygen atoms in total. The summed E-state index contributed by atoms with van der Waals surface area (Å²) >= 11 is 0. The van der Waals surface area contributed by atoms with Gasteiger partial charge in [-0.2, -0.15) is 13.8 Å². The summed E-state index contributed by atoms with van der Waals surface area (Å²) in [4.78, 5) is 15.0. The van der Waals surface area contributed by atoms with Gasteiger partial charge in [0.25, 0.3) is 0 Å². The molecule has 2 atom stereocenters. The predicted octanol–water partition coefficient (Wildman–Crippen LogP) is 2.48. The highest BCUT2D eigenvalue weighted by Crippen LogP contribution is 2.34. The van der Waals surface area contributed by atoms with Crippen LogP contribution >= 0.6 is 0 Å². The van der Waals surface area contributed by atoms with Crippen molar-refractivity contribution in [2.75, 3.05) is 19.7 Å². The number of hydrogen-bond donors (Lipinski definition) is 1. The monoisotopic (exact) mass is 462 g/mol. The van der Waals surface area contributed by atoms with Gasteiger partial charge in [-0.05, 0) is 37.1 Å². The number of fused-ring (bicyclic) bond motifs is 1. The van der Waals surface area contributed by atoms with E-state index in [1.165, 1.54) is 33.4 Å². The number of halogens is 1. The zero-order valence-corrected chi connectivity index (χ0v) is 18.4. The number of carboxylic acid groups (broad SMARTS) is 1. The summed E-state index contributed by atoms with van der Waals surface area (Å²) < 4.78 is 48.6. The van der Waals surface area contributed by atoms with Crippen molar-refractivity contribution in [2.45, 2.75) is 31.2 Å². The number of ether oxygens (including phenoxy) is 1. The maximum Gasteiger partial charge on any atom is 0.309 e. The summed E-state index contributed by atoms with van der Waals surface area (Å²) in [6.45, 7) is 4.60. The van der Waals surface area contributed by atoms with Crippen LogP contribution in [0.3, 0.4) is 0 Å². The Morgan fingerprint density at radius 3 is 2.66 bits per heavy atom. The van der Waals surface area contributed by atoms with E-state index in [0.29, 0.717) is 23.3 Å². The summed E-state index contributed by atoms with van der Waals surface area (Å²) in [6, 6.07) is 7.05. The third kappa shape index (κ3) is 4.05. The third-order valence-electron chi connectivity index (χ3n) is 5.58. The minimum Gasteiger partial charge on any atom is -0.494 e. The Kier molecular flexibility index (Phi) is 5.87. The van der Waals surface area contributed by atoms with Crippen molar-refractivity contribution in [3.8, 4) is 5.75 Å². The molecule has 0 amide bonds. The lowest BCUT2D eigenvalue weighted by molar-refractivity contribution is -0.136. The number of benzene rings is 1. The van der Waals surface area contributed by atoms with Gasteiger partial charge in [0.1, 0.15) is 5.75 Å². The quantitative estimate of drug-likeness (QED) is 0.537. The summed E-state index contributed by atoms with van der Waals surface area (Å²) in [5.41, 5.74) is 0.658. The second-order valence-corrected chi connectivity index (χ2v) is 9.69. The van der Waals surface area contributed by atoms with E-state index in [-0.39, 0.29) is 42.1 Å². The van der Waals surface area contributed by atoms with Crippen molar-refractivity contribution in [1.29, 1.82) is 0 Å². The number of sulfonamides is 1. The van der Waals surface area contributed by atoms with E-state index >= 15 is 0 Å². The topological polar surface area (TPSA) is 115 Å². The molecule has 11 heteroatoms. The van der Waals surface area contributed by atoms with Crippen LogP contribution in [-0.4, -0.2) is 58.3 Å². The first-order valence-electron chi connectivity index (χ1n) is 10.2. The van der Waals surface area contributed by atoms with Gasteiger partial charge in [-0.25, -0.2) is 13.4 Å². The average molecular weight is 463 g/mol. The zero-order chi connectivity index (χ0) is 23.0. The maximum atomic E-state index is 13.9. The minimum atomic E-state index is -3.76. The molecule has 1 fully saturated rings. The number of carboxylic acids is 1. The molecule has 0 unspecified atom stereocenters. The second-order valence-electron chi connectivity index (χ2n) is 7.76. The SMILES string of the molecule is CCOc1ccc(S(=O)(=O)N2C[C@H](C)[C@@H](n3nc(CC(=O)O)c4cnc(F)cc43)C2)cc1. The van der Waals surface area contributed by atoms with Crippen LogP contribution < -0.4 is 4.74 Å². The van der Waals surface area contributed by atoms with Crippen LogP contribution in [0.2, 0.25) is 0 Å². The molecule has 1 saturated heterocycles. The zero-order valence-electron chi connectivity index (χ0n) is 17.6. The molecule has 1 N–H and O–H groups in total. The molecule has 0 spiro atoms. The molecule has 2 aromatic heterocycles. The van der Waals surface area contributed by atoms with Crippen molar-refractivity contribution in [3.63, 3.8) is 0 Å². The Hall–Kier alpha value is -3.05. The fourth-order valence-corrected chi connectivity index (χ4v) is 5.60. The van der Waals surface area contributed by atoms with Crippen molar-refractivity contribution >= 4 is 26.9 Å². The van der Waals surface area contributed by atoms with Crippen LogP contribution in [0.15, 0.2) is 41.4 Å². The molecule has 0 aliphatic carbocycles. The molecule has 170 valence electrons. The van der Waals surface area contributed by atoms with E-state index in [9.17, 15) is 22.7 Å². The van der Waals surface area contributed by atoms with E-state index in [4.69, 9.17) is 4.74 Å². The number of nitrogens with zero attached hydrogens (tertiary/aromatic N) is 4. The first kappa shape index (κ1) is 22.2. The fraction of sp³-hybridized carbons (Fsp3) is 0.381. The summed E-state index contributed by atoms with van der Waals surface area (Å²) in [6.07, 6.45) is 0.923. The van der Waals surface area contributed by atoms with Crippen molar-refractivity contribution in [2.24, 2.45) is 5.92 Å². The van der Waals surface area contributed by atoms with Gasteiger partial charge in [0, 0.05) is 30.7 Å². The van der Waals surface area contributed by atoms with Gasteiger partial charge in [0.15, 0.2) is 0 Å². The molecule has 3 aromatic rings. The Bertz CT molecular complexity index is 1260. The highest BCUT2D eigenvalue weighted by molar-refractivity contribution is 7.89. The van der Waals surface area contributed by atoms with Crippen LogP contribution in [0, 0.1) is 11.9 Å². The lowest BCUT2D eigenvalue weighted by Crippen LogP contribution is -2.29. The largest absolute Gasteiger partial charge is 0.494 e. The molecule has 0 saturated carbocycles. The van der Waals surface area contributed by atoms with Gasteiger partial charge in [0.2, 0.25) is 16.0 Å². The van der Waals surface area contributed by atoms with Crippen molar-refractivity contribution in [3.05, 3.63) is 48.2 Å². The van der Waals surface area contributed by atoms with E-state index in [0.717, 1.165) is 0 Å². The van der Waals surface area contributed by atoms with Gasteiger partial charge in [-0.3, -0.25) is 9.48 Å². The lowest BCUT2D eigenvalue weighted by atomic mass is 10.1. The molecule has 4 rings (SSSR count). The van der Waals surface area contributed by atoms with Gasteiger partial charge < -0.3 is 9.84 Å². The van der Waals surface area contributed by atoms with Crippen LogP contribution in [0.25, 0.3) is 10.9 Å². The molecular weight excluding hydrogens is 439 g/mol. The lowest BCUT2D eigenvalue weighted by Gasteiger charge is -2.18. The molecule has 3 heterocycles. The van der Waals surface area contributed by atoms with Gasteiger partial charge in [0.05, 0.1) is 35.2 Å².